The summed E-state index contributed by atoms with van der Waals surface area (Å²) in [5, 5.41) is 9.10. The molecular weight excluding hydrogens is 252 g/mol. The minimum atomic E-state index is -0.836. The molecule has 1 heterocycles. The van der Waals surface area contributed by atoms with Gasteiger partial charge in [0.25, 0.3) is 5.56 Å². The highest BCUT2D eigenvalue weighted by atomic mass is 32.2. The van der Waals surface area contributed by atoms with Crippen LogP contribution >= 0.6 is 11.8 Å². The Kier molecular flexibility index (Phi) is 4.06. The van der Waals surface area contributed by atoms with Gasteiger partial charge in [-0.25, -0.2) is 4.98 Å². The lowest BCUT2D eigenvalue weighted by molar-refractivity contribution is -0.136. The van der Waals surface area contributed by atoms with Crippen LogP contribution < -0.4 is 5.56 Å². The number of carboxylic acid groups (broad SMARTS) is 1. The lowest BCUT2D eigenvalue weighted by Crippen LogP contribution is -2.24. The van der Waals surface area contributed by atoms with Gasteiger partial charge in [-0.05, 0) is 25.2 Å². The molecule has 1 unspecified atom stereocenters. The van der Waals surface area contributed by atoms with E-state index in [1.54, 1.807) is 0 Å². The Morgan fingerprint density at radius 1 is 1.61 bits per heavy atom. The van der Waals surface area contributed by atoms with Crippen LogP contribution in [-0.4, -0.2) is 26.8 Å². The predicted octanol–water partition coefficient (Wildman–Crippen LogP) is 1.46. The molecule has 1 aromatic heterocycles. The molecule has 0 aliphatic heterocycles. The topological polar surface area (TPSA) is 83.0 Å². The van der Waals surface area contributed by atoms with Gasteiger partial charge in [-0.15, -0.1) is 0 Å². The molecule has 6 heteroatoms. The number of hydrogen-bond acceptors (Lipinski definition) is 4. The lowest BCUT2D eigenvalue weighted by Gasteiger charge is -2.19. The van der Waals surface area contributed by atoms with Gasteiger partial charge in [-0.1, -0.05) is 18.7 Å². The van der Waals surface area contributed by atoms with E-state index in [1.807, 2.05) is 0 Å². The first kappa shape index (κ1) is 13.1. The summed E-state index contributed by atoms with van der Waals surface area (Å²) in [5.41, 5.74) is 1.62. The predicted molar refractivity (Wildman–Crippen MR) is 69.0 cm³/mol. The molecule has 0 fully saturated rings. The van der Waals surface area contributed by atoms with E-state index in [9.17, 15) is 9.59 Å². The number of aromatic nitrogens is 2. The van der Waals surface area contributed by atoms with E-state index in [4.69, 9.17) is 5.11 Å². The first-order chi connectivity index (χ1) is 8.56. The van der Waals surface area contributed by atoms with E-state index >= 15 is 0 Å². The summed E-state index contributed by atoms with van der Waals surface area (Å²) in [6, 6.07) is 0. The van der Waals surface area contributed by atoms with Crippen molar-refractivity contribution in [3.8, 4) is 0 Å². The second-order valence-corrected chi connectivity index (χ2v) is 5.72. The van der Waals surface area contributed by atoms with Crippen molar-refractivity contribution in [2.75, 3.05) is 5.75 Å². The van der Waals surface area contributed by atoms with Crippen LogP contribution in [0.5, 0.6) is 0 Å². The zero-order chi connectivity index (χ0) is 13.1. The average Bonchev–Trinajstić information content (AvgIpc) is 2.30. The third-order valence-electron chi connectivity index (χ3n) is 3.06. The fourth-order valence-electron chi connectivity index (χ4n) is 2.08. The highest BCUT2D eigenvalue weighted by Crippen LogP contribution is 2.23. The maximum atomic E-state index is 11.9. The van der Waals surface area contributed by atoms with Crippen molar-refractivity contribution in [1.82, 2.24) is 9.97 Å². The summed E-state index contributed by atoms with van der Waals surface area (Å²) >= 11 is 1.29. The number of aromatic amines is 1. The van der Waals surface area contributed by atoms with Crippen LogP contribution in [0.1, 0.15) is 31.0 Å². The maximum absolute atomic E-state index is 11.9. The zero-order valence-electron chi connectivity index (χ0n) is 10.2. The van der Waals surface area contributed by atoms with Crippen LogP contribution in [-0.2, 0) is 17.6 Å². The minimum Gasteiger partial charge on any atom is -0.481 e. The van der Waals surface area contributed by atoms with Crippen molar-refractivity contribution in [2.45, 2.75) is 37.8 Å². The molecule has 0 amide bonds. The largest absolute Gasteiger partial charge is 0.481 e. The van der Waals surface area contributed by atoms with E-state index < -0.39 is 5.97 Å². The molecule has 0 radical (unpaired) electrons. The summed E-state index contributed by atoms with van der Waals surface area (Å²) in [5.74, 6) is 0.121. The molecule has 0 saturated heterocycles. The van der Waals surface area contributed by atoms with E-state index in [2.05, 4.69) is 16.9 Å². The molecule has 5 nitrogen and oxygen atoms in total. The first-order valence-electron chi connectivity index (χ1n) is 6.03. The van der Waals surface area contributed by atoms with Crippen LogP contribution in [0.25, 0.3) is 0 Å². The molecule has 1 aromatic rings. The maximum Gasteiger partial charge on any atom is 0.304 e. The van der Waals surface area contributed by atoms with Crippen LogP contribution in [0.15, 0.2) is 9.95 Å². The van der Waals surface area contributed by atoms with Gasteiger partial charge in [0.1, 0.15) is 0 Å². The van der Waals surface area contributed by atoms with E-state index in [-0.39, 0.29) is 12.0 Å². The third-order valence-corrected chi connectivity index (χ3v) is 3.94. The van der Waals surface area contributed by atoms with E-state index in [1.165, 1.54) is 11.8 Å². The molecule has 2 N–H and O–H groups in total. The summed E-state index contributed by atoms with van der Waals surface area (Å²) < 4.78 is 0. The number of nitrogens with one attached hydrogen (secondary N) is 1. The zero-order valence-corrected chi connectivity index (χ0v) is 11.0. The van der Waals surface area contributed by atoms with Gasteiger partial charge in [0.2, 0.25) is 0 Å². The van der Waals surface area contributed by atoms with Crippen molar-refractivity contribution >= 4 is 17.7 Å². The van der Waals surface area contributed by atoms with Crippen LogP contribution in [0, 0.1) is 5.92 Å². The van der Waals surface area contributed by atoms with Crippen LogP contribution in [0.4, 0.5) is 0 Å². The Labute approximate surface area is 109 Å². The van der Waals surface area contributed by atoms with Gasteiger partial charge >= 0.3 is 5.97 Å². The highest BCUT2D eigenvalue weighted by molar-refractivity contribution is 7.99. The van der Waals surface area contributed by atoms with Gasteiger partial charge in [0, 0.05) is 11.3 Å². The van der Waals surface area contributed by atoms with E-state index in [0.29, 0.717) is 16.8 Å². The molecule has 1 atom stereocenters. The van der Waals surface area contributed by atoms with Crippen molar-refractivity contribution in [2.24, 2.45) is 5.92 Å². The summed E-state index contributed by atoms with van der Waals surface area (Å²) in [6.45, 7) is 2.14. The highest BCUT2D eigenvalue weighted by Gasteiger charge is 2.20. The van der Waals surface area contributed by atoms with Gasteiger partial charge in [0.05, 0.1) is 12.1 Å². The fraction of sp³-hybridized carbons (Fsp3) is 0.583. The van der Waals surface area contributed by atoms with E-state index in [0.717, 1.165) is 30.5 Å². The SMILES string of the molecule is CC1CCc2nc(SCCC(=O)O)[nH]c(=O)c2C1. The molecular formula is C12H16N2O3S. The quantitative estimate of drug-likeness (QED) is 0.638. The molecule has 18 heavy (non-hydrogen) atoms. The Morgan fingerprint density at radius 3 is 3.11 bits per heavy atom. The monoisotopic (exact) mass is 268 g/mol. The number of nitrogens with zero attached hydrogens (tertiary/aromatic N) is 1. The smallest absolute Gasteiger partial charge is 0.304 e. The second-order valence-electron chi connectivity index (χ2n) is 4.64. The molecule has 2 rings (SSSR count). The number of H-pyrrole nitrogens is 1. The second kappa shape index (κ2) is 5.56. The van der Waals surface area contributed by atoms with Crippen molar-refractivity contribution in [3.63, 3.8) is 0 Å². The fourth-order valence-corrected chi connectivity index (χ4v) is 2.89. The summed E-state index contributed by atoms with van der Waals surface area (Å²) in [6.07, 6.45) is 2.76. The number of rotatable bonds is 4. The molecule has 98 valence electrons. The van der Waals surface area contributed by atoms with Gasteiger partial charge in [-0.2, -0.15) is 0 Å². The number of fused-ring (bicyclic) bond motifs is 1. The van der Waals surface area contributed by atoms with Gasteiger partial charge in [-0.3, -0.25) is 9.59 Å². The normalized spacial score (nSPS) is 18.4. The third kappa shape index (κ3) is 3.13. The van der Waals surface area contributed by atoms with Crippen LogP contribution in [0.2, 0.25) is 0 Å². The van der Waals surface area contributed by atoms with Gasteiger partial charge < -0.3 is 10.1 Å². The number of carbonyl (C=O) groups is 1. The number of aryl methyl sites for hydroxylation is 1. The van der Waals surface area contributed by atoms with Crippen molar-refractivity contribution in [1.29, 1.82) is 0 Å². The lowest BCUT2D eigenvalue weighted by atomic mass is 9.89. The first-order valence-corrected chi connectivity index (χ1v) is 7.01. The average molecular weight is 268 g/mol. The Morgan fingerprint density at radius 2 is 2.39 bits per heavy atom. The number of aliphatic carboxylic acids is 1. The Hall–Kier alpha value is -1.30. The Bertz CT molecular complexity index is 513. The van der Waals surface area contributed by atoms with Gasteiger partial charge in [0.15, 0.2) is 5.16 Å². The molecule has 0 saturated carbocycles. The molecule has 0 spiro atoms. The minimum absolute atomic E-state index is 0.0654. The van der Waals surface area contributed by atoms with Crippen molar-refractivity contribution < 1.29 is 9.90 Å². The summed E-state index contributed by atoms with van der Waals surface area (Å²) in [4.78, 5) is 29.5. The molecule has 0 aromatic carbocycles. The summed E-state index contributed by atoms with van der Waals surface area (Å²) in [7, 11) is 0. The number of hydrogen-bond donors (Lipinski definition) is 2. The molecule has 1 aliphatic rings. The Balaban J connectivity index is 2.13. The van der Waals surface area contributed by atoms with Crippen molar-refractivity contribution in [3.05, 3.63) is 21.6 Å². The molecule has 1 aliphatic carbocycles. The number of carboxylic acids is 1. The molecule has 0 bridgehead atoms. The van der Waals surface area contributed by atoms with Crippen LogP contribution in [0.3, 0.4) is 0 Å². The standard InChI is InChI=1S/C12H16N2O3S/c1-7-2-3-9-8(6-7)11(17)14-12(13-9)18-5-4-10(15)16/h7H,2-6H2,1H3,(H,15,16)(H,13,14,17). The number of thioether (sulfide) groups is 1.